The van der Waals surface area contributed by atoms with Gasteiger partial charge in [-0.1, -0.05) is 11.6 Å². The molecule has 1 aromatic heterocycles. The number of hydrogen-bond donors (Lipinski definition) is 0. The maximum absolute atomic E-state index is 5.91. The van der Waals surface area contributed by atoms with E-state index >= 15 is 0 Å². The van der Waals surface area contributed by atoms with E-state index in [1.807, 2.05) is 6.07 Å². The van der Waals surface area contributed by atoms with Crippen molar-refractivity contribution >= 4 is 11.6 Å². The lowest BCUT2D eigenvalue weighted by atomic mass is 10.3. The van der Waals surface area contributed by atoms with Gasteiger partial charge >= 0.3 is 0 Å². The Morgan fingerprint density at radius 1 is 1.25 bits per heavy atom. The van der Waals surface area contributed by atoms with Crippen LogP contribution in [0.4, 0.5) is 0 Å². The molecule has 0 saturated carbocycles. The molecule has 1 rings (SSSR count). The molecule has 0 saturated heterocycles. The molecule has 0 bridgehead atoms. The number of rotatable bonds is 6. The van der Waals surface area contributed by atoms with E-state index in [4.69, 9.17) is 11.6 Å². The Morgan fingerprint density at radius 3 is 2.62 bits per heavy atom. The molecule has 0 aliphatic rings. The van der Waals surface area contributed by atoms with Crippen LogP contribution in [0.3, 0.4) is 0 Å². The average molecular weight is 242 g/mol. The Morgan fingerprint density at radius 2 is 2.00 bits per heavy atom. The average Bonchev–Trinajstić information content (AvgIpc) is 2.16. The molecule has 0 fully saturated rings. The lowest BCUT2D eigenvalue weighted by Gasteiger charge is -2.17. The first-order valence-corrected chi connectivity index (χ1v) is 5.89. The molecule has 3 nitrogen and oxygen atoms in total. The minimum atomic E-state index is 0.756. The molecule has 0 spiro atoms. The molecular weight excluding hydrogens is 222 g/mol. The van der Waals surface area contributed by atoms with Crippen molar-refractivity contribution in [2.24, 2.45) is 0 Å². The molecule has 0 aromatic carbocycles. The van der Waals surface area contributed by atoms with Crippen LogP contribution in [0.25, 0.3) is 0 Å². The molecule has 1 aromatic rings. The van der Waals surface area contributed by atoms with E-state index in [1.165, 1.54) is 6.42 Å². The molecule has 0 atom stereocenters. The van der Waals surface area contributed by atoms with Gasteiger partial charge in [0.2, 0.25) is 0 Å². The highest BCUT2D eigenvalue weighted by Gasteiger charge is 2.02. The molecule has 0 aliphatic carbocycles. The third-order valence-electron chi connectivity index (χ3n) is 2.36. The zero-order valence-corrected chi connectivity index (χ0v) is 11.0. The van der Waals surface area contributed by atoms with E-state index < -0.39 is 0 Å². The summed E-state index contributed by atoms with van der Waals surface area (Å²) in [6.45, 7) is 3.05. The monoisotopic (exact) mass is 241 g/mol. The first kappa shape index (κ1) is 13.4. The third kappa shape index (κ3) is 5.45. The summed E-state index contributed by atoms with van der Waals surface area (Å²) in [7, 11) is 6.30. The van der Waals surface area contributed by atoms with Gasteiger partial charge in [0.15, 0.2) is 0 Å². The summed E-state index contributed by atoms with van der Waals surface area (Å²) < 4.78 is 0. The lowest BCUT2D eigenvalue weighted by Crippen LogP contribution is -2.23. The normalized spacial score (nSPS) is 11.4. The summed E-state index contributed by atoms with van der Waals surface area (Å²) >= 11 is 5.91. The molecule has 1 heterocycles. The van der Waals surface area contributed by atoms with Crippen molar-refractivity contribution in [1.82, 2.24) is 14.8 Å². The van der Waals surface area contributed by atoms with Crippen LogP contribution >= 0.6 is 11.6 Å². The van der Waals surface area contributed by atoms with Crippen LogP contribution < -0.4 is 0 Å². The first-order valence-electron chi connectivity index (χ1n) is 5.51. The topological polar surface area (TPSA) is 19.4 Å². The fraction of sp³-hybridized carbons (Fsp3) is 0.583. The Hall–Kier alpha value is -0.640. The summed E-state index contributed by atoms with van der Waals surface area (Å²) in [4.78, 5) is 8.75. The molecule has 4 heteroatoms. The third-order valence-corrected chi connectivity index (χ3v) is 2.59. The molecule has 0 N–H and O–H groups in total. The van der Waals surface area contributed by atoms with E-state index in [9.17, 15) is 0 Å². The number of hydrogen-bond acceptors (Lipinski definition) is 3. The second-order valence-corrected chi connectivity index (χ2v) is 4.80. The molecule has 0 amide bonds. The fourth-order valence-electron chi connectivity index (χ4n) is 1.55. The zero-order chi connectivity index (χ0) is 12.0. The Balaban J connectivity index is 2.31. The highest BCUT2D eigenvalue weighted by molar-refractivity contribution is 6.30. The fourth-order valence-corrected chi connectivity index (χ4v) is 1.73. The predicted octanol–water partition coefficient (Wildman–Crippen LogP) is 2.12. The standard InChI is InChI=1S/C12H20ClN3/c1-15(2)7-4-8-16(3)10-12-9-11(13)5-6-14-12/h5-6,9H,4,7-8,10H2,1-3H3. The molecular formula is C12H20ClN3. The zero-order valence-electron chi connectivity index (χ0n) is 10.3. The Kier molecular flexibility index (Phi) is 5.74. The minimum Gasteiger partial charge on any atom is -0.309 e. The summed E-state index contributed by atoms with van der Waals surface area (Å²) in [5.41, 5.74) is 1.03. The number of aromatic nitrogens is 1. The van der Waals surface area contributed by atoms with Gasteiger partial charge in [-0.05, 0) is 52.8 Å². The maximum Gasteiger partial charge on any atom is 0.0558 e. The van der Waals surface area contributed by atoms with Crippen LogP contribution in [0.5, 0.6) is 0 Å². The number of nitrogens with zero attached hydrogens (tertiary/aromatic N) is 3. The predicted molar refractivity (Wildman–Crippen MR) is 68.8 cm³/mol. The van der Waals surface area contributed by atoms with Gasteiger partial charge in [-0.2, -0.15) is 0 Å². The van der Waals surface area contributed by atoms with E-state index in [0.29, 0.717) is 0 Å². The molecule has 90 valence electrons. The molecule has 16 heavy (non-hydrogen) atoms. The second kappa shape index (κ2) is 6.84. The van der Waals surface area contributed by atoms with Gasteiger partial charge in [0, 0.05) is 17.8 Å². The highest BCUT2D eigenvalue weighted by Crippen LogP contribution is 2.09. The summed E-state index contributed by atoms with van der Waals surface area (Å²) in [6, 6.07) is 3.72. The lowest BCUT2D eigenvalue weighted by molar-refractivity contribution is 0.292. The molecule has 0 aliphatic heterocycles. The maximum atomic E-state index is 5.91. The SMILES string of the molecule is CN(C)CCCN(C)Cc1cc(Cl)ccn1. The van der Waals surface area contributed by atoms with Gasteiger partial charge in [0.25, 0.3) is 0 Å². The second-order valence-electron chi connectivity index (χ2n) is 4.36. The van der Waals surface area contributed by atoms with Gasteiger partial charge in [-0.15, -0.1) is 0 Å². The van der Waals surface area contributed by atoms with Crippen molar-refractivity contribution in [3.05, 3.63) is 29.0 Å². The van der Waals surface area contributed by atoms with Crippen LogP contribution in [-0.2, 0) is 6.54 Å². The summed E-state index contributed by atoms with van der Waals surface area (Å²) in [5, 5.41) is 0.756. The molecule has 0 radical (unpaired) electrons. The van der Waals surface area contributed by atoms with E-state index in [0.717, 1.165) is 30.4 Å². The van der Waals surface area contributed by atoms with Gasteiger partial charge in [-0.25, -0.2) is 0 Å². The largest absolute Gasteiger partial charge is 0.309 e. The van der Waals surface area contributed by atoms with Gasteiger partial charge in [0.1, 0.15) is 0 Å². The van der Waals surface area contributed by atoms with Crippen molar-refractivity contribution in [2.45, 2.75) is 13.0 Å². The van der Waals surface area contributed by atoms with Crippen molar-refractivity contribution in [3.8, 4) is 0 Å². The van der Waals surface area contributed by atoms with E-state index in [2.05, 4.69) is 35.9 Å². The molecule has 0 unspecified atom stereocenters. The Labute approximate surface area is 103 Å². The van der Waals surface area contributed by atoms with Crippen molar-refractivity contribution in [1.29, 1.82) is 0 Å². The van der Waals surface area contributed by atoms with E-state index in [1.54, 1.807) is 12.3 Å². The van der Waals surface area contributed by atoms with Crippen LogP contribution in [-0.4, -0.2) is 49.0 Å². The van der Waals surface area contributed by atoms with Crippen LogP contribution in [0.1, 0.15) is 12.1 Å². The number of pyridine rings is 1. The van der Waals surface area contributed by atoms with Crippen molar-refractivity contribution < 1.29 is 0 Å². The first-order chi connectivity index (χ1) is 7.58. The van der Waals surface area contributed by atoms with Crippen molar-refractivity contribution in [3.63, 3.8) is 0 Å². The summed E-state index contributed by atoms with van der Waals surface area (Å²) in [5.74, 6) is 0. The van der Waals surface area contributed by atoms with Gasteiger partial charge in [0.05, 0.1) is 5.69 Å². The van der Waals surface area contributed by atoms with E-state index in [-0.39, 0.29) is 0 Å². The van der Waals surface area contributed by atoms with Crippen LogP contribution in [0.2, 0.25) is 5.02 Å². The van der Waals surface area contributed by atoms with Crippen LogP contribution in [0.15, 0.2) is 18.3 Å². The van der Waals surface area contributed by atoms with Gasteiger partial charge < -0.3 is 9.80 Å². The minimum absolute atomic E-state index is 0.756. The highest BCUT2D eigenvalue weighted by atomic mass is 35.5. The van der Waals surface area contributed by atoms with Gasteiger partial charge in [-0.3, -0.25) is 4.98 Å². The Bertz CT molecular complexity index is 315. The quantitative estimate of drug-likeness (QED) is 0.761. The smallest absolute Gasteiger partial charge is 0.0558 e. The summed E-state index contributed by atoms with van der Waals surface area (Å²) in [6.07, 6.45) is 2.93. The van der Waals surface area contributed by atoms with Crippen molar-refractivity contribution in [2.75, 3.05) is 34.2 Å². The number of halogens is 1. The van der Waals surface area contributed by atoms with Crippen LogP contribution in [0, 0.1) is 0 Å².